The second kappa shape index (κ2) is 7.05. The van der Waals surface area contributed by atoms with Gasteiger partial charge in [0.05, 0.1) is 17.1 Å². The molecule has 0 saturated carbocycles. The second-order valence-electron chi connectivity index (χ2n) is 5.48. The molecule has 0 unspecified atom stereocenters. The minimum atomic E-state index is -3.74. The Bertz CT molecular complexity index is 591. The topological polar surface area (TPSA) is 69.7 Å². The third-order valence-corrected chi connectivity index (χ3v) is 7.55. The van der Waals surface area contributed by atoms with Gasteiger partial charge in [-0.15, -0.1) is 0 Å². The number of benzene rings is 1. The van der Waals surface area contributed by atoms with E-state index in [9.17, 15) is 13.0 Å². The summed E-state index contributed by atoms with van der Waals surface area (Å²) in [6, 6.07) is 6.40. The number of hydrogen-bond donors (Lipinski definition) is 0. The molecule has 0 heterocycles. The van der Waals surface area contributed by atoms with Crippen LogP contribution in [0.2, 0.25) is 0 Å². The largest absolute Gasteiger partial charge is 0.346 e. The van der Waals surface area contributed by atoms with E-state index in [0.717, 1.165) is 5.56 Å². The van der Waals surface area contributed by atoms with Gasteiger partial charge in [-0.2, -0.15) is 0 Å². The number of sulfone groups is 1. The first kappa shape index (κ1) is 18.4. The van der Waals surface area contributed by atoms with E-state index < -0.39 is 22.9 Å². The van der Waals surface area contributed by atoms with Crippen LogP contribution in [0.15, 0.2) is 29.2 Å². The Labute approximate surface area is 127 Å². The van der Waals surface area contributed by atoms with Crippen molar-refractivity contribution in [1.29, 1.82) is 0 Å². The predicted molar refractivity (Wildman–Crippen MR) is 83.3 cm³/mol. The molecule has 0 fully saturated rings. The highest BCUT2D eigenvalue weighted by atomic mass is 32.2. The Morgan fingerprint density at radius 3 is 1.81 bits per heavy atom. The molecule has 0 amide bonds. The molecule has 0 saturated heterocycles. The van der Waals surface area contributed by atoms with E-state index in [0.29, 0.717) is 0 Å². The normalized spacial score (nSPS) is 13.1. The van der Waals surface area contributed by atoms with Crippen LogP contribution in [0.5, 0.6) is 0 Å². The maximum Gasteiger partial charge on any atom is 0.346 e. The third kappa shape index (κ3) is 5.91. The average molecular weight is 334 g/mol. The van der Waals surface area contributed by atoms with Crippen LogP contribution in [-0.2, 0) is 23.4 Å². The zero-order chi connectivity index (χ0) is 16.3. The SMILES string of the molecule is Cc1ccc(S(=O)(=O)CP(=O)(OC(C)C)OC(C)C)cc1. The van der Waals surface area contributed by atoms with Gasteiger partial charge in [-0.3, -0.25) is 4.57 Å². The van der Waals surface area contributed by atoms with Gasteiger partial charge >= 0.3 is 7.60 Å². The van der Waals surface area contributed by atoms with Crippen LogP contribution >= 0.6 is 7.60 Å². The lowest BCUT2D eigenvalue weighted by Gasteiger charge is -2.22. The van der Waals surface area contributed by atoms with Crippen LogP contribution in [0, 0.1) is 6.92 Å². The molecule has 7 heteroatoms. The van der Waals surface area contributed by atoms with Crippen molar-refractivity contribution in [2.75, 3.05) is 5.49 Å². The van der Waals surface area contributed by atoms with Crippen LogP contribution in [0.25, 0.3) is 0 Å². The lowest BCUT2D eigenvalue weighted by molar-refractivity contribution is 0.145. The fourth-order valence-electron chi connectivity index (χ4n) is 1.76. The first-order valence-corrected chi connectivity index (χ1v) is 10.2. The standard InChI is InChI=1S/C14H23O5PS/c1-11(2)18-20(15,19-12(3)4)10-21(16,17)14-8-6-13(5)7-9-14/h6-9,11-12H,10H2,1-5H3. The molecule has 0 atom stereocenters. The quantitative estimate of drug-likeness (QED) is 0.710. The fraction of sp³-hybridized carbons (Fsp3) is 0.571. The molecular formula is C14H23O5PS. The van der Waals surface area contributed by atoms with Crippen LogP contribution < -0.4 is 0 Å². The smallest absolute Gasteiger partial charge is 0.305 e. The van der Waals surface area contributed by atoms with E-state index >= 15 is 0 Å². The highest BCUT2D eigenvalue weighted by Crippen LogP contribution is 2.52. The second-order valence-corrected chi connectivity index (χ2v) is 9.85. The Morgan fingerprint density at radius 2 is 1.43 bits per heavy atom. The summed E-state index contributed by atoms with van der Waals surface area (Å²) < 4.78 is 48.0. The molecular weight excluding hydrogens is 311 g/mol. The maximum atomic E-state index is 12.7. The van der Waals surface area contributed by atoms with Gasteiger partial charge in [0.25, 0.3) is 0 Å². The fourth-order valence-corrected chi connectivity index (χ4v) is 6.39. The number of hydrogen-bond acceptors (Lipinski definition) is 5. The molecule has 1 rings (SSSR count). The number of aryl methyl sites for hydroxylation is 1. The van der Waals surface area contributed by atoms with Gasteiger partial charge in [-0.05, 0) is 46.8 Å². The molecule has 1 aromatic rings. The van der Waals surface area contributed by atoms with Crippen molar-refractivity contribution in [1.82, 2.24) is 0 Å². The molecule has 0 bridgehead atoms. The Balaban J connectivity index is 3.06. The van der Waals surface area contributed by atoms with Crippen molar-refractivity contribution in [2.45, 2.75) is 51.7 Å². The lowest BCUT2D eigenvalue weighted by Crippen LogP contribution is -2.15. The van der Waals surface area contributed by atoms with Crippen LogP contribution in [0.4, 0.5) is 0 Å². The number of rotatable bonds is 7. The molecule has 0 N–H and O–H groups in total. The highest BCUT2D eigenvalue weighted by molar-refractivity contribution is 7.97. The van der Waals surface area contributed by atoms with Crippen molar-refractivity contribution >= 4 is 17.4 Å². The molecule has 0 aliphatic carbocycles. The summed E-state index contributed by atoms with van der Waals surface area (Å²) in [5, 5.41) is 0. The Morgan fingerprint density at radius 1 is 1.00 bits per heavy atom. The molecule has 120 valence electrons. The van der Waals surface area contributed by atoms with Gasteiger partial charge in [0.15, 0.2) is 15.3 Å². The van der Waals surface area contributed by atoms with Gasteiger partial charge in [0, 0.05) is 0 Å². The lowest BCUT2D eigenvalue weighted by atomic mass is 10.2. The van der Waals surface area contributed by atoms with Crippen LogP contribution in [0.3, 0.4) is 0 Å². The van der Waals surface area contributed by atoms with Crippen LogP contribution in [0.1, 0.15) is 33.3 Å². The maximum absolute atomic E-state index is 12.7. The van der Waals surface area contributed by atoms with E-state index in [1.807, 2.05) is 6.92 Å². The van der Waals surface area contributed by atoms with Gasteiger partial charge in [0.1, 0.15) is 0 Å². The summed E-state index contributed by atoms with van der Waals surface area (Å²) >= 11 is 0. The Hall–Kier alpha value is -0.680. The first-order chi connectivity index (χ1) is 9.54. The molecule has 21 heavy (non-hydrogen) atoms. The first-order valence-electron chi connectivity index (χ1n) is 6.79. The summed E-state index contributed by atoms with van der Waals surface area (Å²) in [7, 11) is -7.46. The van der Waals surface area contributed by atoms with Crippen molar-refractivity contribution in [2.24, 2.45) is 0 Å². The minimum absolute atomic E-state index is 0.119. The van der Waals surface area contributed by atoms with Gasteiger partial charge < -0.3 is 9.05 Å². The molecule has 0 aromatic heterocycles. The van der Waals surface area contributed by atoms with E-state index in [1.165, 1.54) is 12.1 Å². The summed E-state index contributed by atoms with van der Waals surface area (Å²) in [4.78, 5) is 0.119. The summed E-state index contributed by atoms with van der Waals surface area (Å²) in [6.45, 7) is 8.62. The molecule has 0 aliphatic rings. The monoisotopic (exact) mass is 334 g/mol. The van der Waals surface area contributed by atoms with Crippen LogP contribution in [-0.4, -0.2) is 26.1 Å². The zero-order valence-electron chi connectivity index (χ0n) is 13.1. The van der Waals surface area contributed by atoms with E-state index in [1.54, 1.807) is 39.8 Å². The van der Waals surface area contributed by atoms with Crippen molar-refractivity contribution in [3.63, 3.8) is 0 Å². The zero-order valence-corrected chi connectivity index (χ0v) is 14.8. The minimum Gasteiger partial charge on any atom is -0.305 e. The van der Waals surface area contributed by atoms with Crippen molar-refractivity contribution in [3.05, 3.63) is 29.8 Å². The van der Waals surface area contributed by atoms with Crippen molar-refractivity contribution in [3.8, 4) is 0 Å². The van der Waals surface area contributed by atoms with E-state index in [-0.39, 0.29) is 17.1 Å². The van der Waals surface area contributed by atoms with Gasteiger partial charge in [0.2, 0.25) is 0 Å². The Kier molecular flexibility index (Phi) is 6.17. The summed E-state index contributed by atoms with van der Waals surface area (Å²) in [5.74, 6) is 0. The van der Waals surface area contributed by atoms with Crippen molar-refractivity contribution < 1.29 is 22.0 Å². The third-order valence-electron chi connectivity index (χ3n) is 2.45. The molecule has 1 aromatic carbocycles. The summed E-state index contributed by atoms with van der Waals surface area (Å²) in [6.07, 6.45) is -0.773. The molecule has 5 nitrogen and oxygen atoms in total. The van der Waals surface area contributed by atoms with Gasteiger partial charge in [-0.1, -0.05) is 17.7 Å². The average Bonchev–Trinajstić information content (AvgIpc) is 2.25. The summed E-state index contributed by atoms with van der Waals surface area (Å²) in [5.41, 5.74) is 0.299. The molecule has 0 radical (unpaired) electrons. The van der Waals surface area contributed by atoms with E-state index in [2.05, 4.69) is 0 Å². The molecule has 0 spiro atoms. The van der Waals surface area contributed by atoms with E-state index in [4.69, 9.17) is 9.05 Å². The van der Waals surface area contributed by atoms with Gasteiger partial charge in [-0.25, -0.2) is 8.42 Å². The molecule has 0 aliphatic heterocycles. The predicted octanol–water partition coefficient (Wildman–Crippen LogP) is 3.77. The highest BCUT2D eigenvalue weighted by Gasteiger charge is 2.35.